The number of aliphatic hydroxyl groups is 1. The van der Waals surface area contributed by atoms with Crippen LogP contribution in [0.3, 0.4) is 0 Å². The number of hydrogen-bond acceptors (Lipinski definition) is 3. The van der Waals surface area contributed by atoms with Gasteiger partial charge in [-0.3, -0.25) is 4.84 Å². The number of rotatable bonds is 4. The molecular weight excluding hydrogens is 154 g/mol. The Morgan fingerprint density at radius 1 is 1.42 bits per heavy atom. The van der Waals surface area contributed by atoms with E-state index in [4.69, 9.17) is 4.84 Å². The lowest BCUT2D eigenvalue weighted by atomic mass is 10.1. The van der Waals surface area contributed by atoms with E-state index in [9.17, 15) is 5.11 Å². The van der Waals surface area contributed by atoms with E-state index in [0.29, 0.717) is 0 Å². The van der Waals surface area contributed by atoms with E-state index in [1.807, 2.05) is 5.06 Å². The van der Waals surface area contributed by atoms with Gasteiger partial charge in [-0.05, 0) is 19.3 Å². The lowest BCUT2D eigenvalue weighted by Crippen LogP contribution is -2.36. The van der Waals surface area contributed by atoms with Crippen molar-refractivity contribution in [3.63, 3.8) is 0 Å². The molecule has 0 aliphatic carbocycles. The minimum atomic E-state index is -0.101. The molecule has 0 aromatic rings. The van der Waals surface area contributed by atoms with Crippen LogP contribution in [-0.4, -0.2) is 36.0 Å². The summed E-state index contributed by atoms with van der Waals surface area (Å²) in [5.41, 5.74) is 0. The Balaban J connectivity index is 2.01. The van der Waals surface area contributed by atoms with Gasteiger partial charge in [0, 0.05) is 13.1 Å². The van der Waals surface area contributed by atoms with Crippen LogP contribution in [0.25, 0.3) is 0 Å². The molecule has 12 heavy (non-hydrogen) atoms. The van der Waals surface area contributed by atoms with Crippen LogP contribution >= 0.6 is 0 Å². The topological polar surface area (TPSA) is 32.7 Å². The number of nitrogens with zero attached hydrogens (tertiary/aromatic N) is 1. The maximum Gasteiger partial charge on any atom is 0.0685 e. The first-order valence-corrected chi connectivity index (χ1v) is 4.89. The van der Waals surface area contributed by atoms with Gasteiger partial charge in [-0.2, -0.15) is 5.06 Å². The minimum absolute atomic E-state index is 0.101. The Labute approximate surface area is 74.3 Å². The Morgan fingerprint density at radius 3 is 2.67 bits per heavy atom. The third-order valence-corrected chi connectivity index (χ3v) is 2.20. The molecule has 0 amide bonds. The molecular formula is C9H19NO2. The maximum absolute atomic E-state index is 9.22. The van der Waals surface area contributed by atoms with Crippen LogP contribution in [0.5, 0.6) is 0 Å². The van der Waals surface area contributed by atoms with Gasteiger partial charge in [-0.1, -0.05) is 13.3 Å². The molecule has 1 fully saturated rings. The predicted molar refractivity (Wildman–Crippen MR) is 47.7 cm³/mol. The molecule has 0 radical (unpaired) electrons. The molecule has 1 saturated heterocycles. The molecule has 0 aromatic heterocycles. The molecule has 1 rings (SSSR count). The standard InChI is InChI=1S/C9H19NO2/c1-2-3-8-12-10-6-4-9(11)5-7-10/h9,11H,2-8H2,1H3. The summed E-state index contributed by atoms with van der Waals surface area (Å²) in [5.74, 6) is 0. The Hall–Kier alpha value is -0.120. The molecule has 72 valence electrons. The van der Waals surface area contributed by atoms with Gasteiger partial charge in [-0.25, -0.2) is 0 Å². The van der Waals surface area contributed by atoms with E-state index < -0.39 is 0 Å². The highest BCUT2D eigenvalue weighted by molar-refractivity contribution is 4.65. The summed E-state index contributed by atoms with van der Waals surface area (Å²) in [6.45, 7) is 4.74. The van der Waals surface area contributed by atoms with Crippen LogP contribution in [-0.2, 0) is 4.84 Å². The largest absolute Gasteiger partial charge is 0.393 e. The van der Waals surface area contributed by atoms with Crippen LogP contribution in [0, 0.1) is 0 Å². The molecule has 0 saturated carbocycles. The van der Waals surface area contributed by atoms with Crippen LogP contribution in [0.4, 0.5) is 0 Å². The Morgan fingerprint density at radius 2 is 2.08 bits per heavy atom. The van der Waals surface area contributed by atoms with Gasteiger partial charge in [-0.15, -0.1) is 0 Å². The van der Waals surface area contributed by atoms with Gasteiger partial charge in [0.2, 0.25) is 0 Å². The molecule has 0 aromatic carbocycles. The number of aliphatic hydroxyl groups excluding tert-OH is 1. The van der Waals surface area contributed by atoms with E-state index in [-0.39, 0.29) is 6.10 Å². The maximum atomic E-state index is 9.22. The summed E-state index contributed by atoms with van der Waals surface area (Å²) in [6.07, 6.45) is 3.91. The van der Waals surface area contributed by atoms with E-state index in [0.717, 1.165) is 39.0 Å². The SMILES string of the molecule is CCCCON1CCC(O)CC1. The molecule has 0 bridgehead atoms. The number of unbranched alkanes of at least 4 members (excludes halogenated alkanes) is 1. The number of piperidine rings is 1. The number of hydroxylamine groups is 2. The van der Waals surface area contributed by atoms with Crippen LogP contribution in [0.15, 0.2) is 0 Å². The average Bonchev–Trinajstić information content (AvgIpc) is 2.09. The van der Waals surface area contributed by atoms with Crippen molar-refractivity contribution >= 4 is 0 Å². The van der Waals surface area contributed by atoms with Crippen molar-refractivity contribution in [1.29, 1.82) is 0 Å². The second-order valence-electron chi connectivity index (χ2n) is 3.35. The second kappa shape index (κ2) is 5.51. The summed E-state index contributed by atoms with van der Waals surface area (Å²) in [4.78, 5) is 5.49. The summed E-state index contributed by atoms with van der Waals surface area (Å²) in [6, 6.07) is 0. The molecule has 1 aliphatic heterocycles. The summed E-state index contributed by atoms with van der Waals surface area (Å²) in [7, 11) is 0. The van der Waals surface area contributed by atoms with Crippen molar-refractivity contribution in [2.75, 3.05) is 19.7 Å². The first-order valence-electron chi connectivity index (χ1n) is 4.89. The van der Waals surface area contributed by atoms with Crippen LogP contribution in [0.2, 0.25) is 0 Å². The predicted octanol–water partition coefficient (Wildman–Crippen LogP) is 1.17. The molecule has 0 unspecified atom stereocenters. The second-order valence-corrected chi connectivity index (χ2v) is 3.35. The third kappa shape index (κ3) is 3.52. The van der Waals surface area contributed by atoms with E-state index in [2.05, 4.69) is 6.92 Å². The quantitative estimate of drug-likeness (QED) is 0.648. The lowest BCUT2D eigenvalue weighted by molar-refractivity contribution is -0.179. The fourth-order valence-corrected chi connectivity index (χ4v) is 1.31. The summed E-state index contributed by atoms with van der Waals surface area (Å²) < 4.78 is 0. The van der Waals surface area contributed by atoms with Crippen molar-refractivity contribution < 1.29 is 9.94 Å². The third-order valence-electron chi connectivity index (χ3n) is 2.20. The molecule has 3 nitrogen and oxygen atoms in total. The normalized spacial score (nSPS) is 21.5. The highest BCUT2D eigenvalue weighted by atomic mass is 16.7. The molecule has 0 atom stereocenters. The zero-order chi connectivity index (χ0) is 8.81. The fourth-order valence-electron chi connectivity index (χ4n) is 1.31. The molecule has 0 spiro atoms. The van der Waals surface area contributed by atoms with Crippen molar-refractivity contribution in [1.82, 2.24) is 5.06 Å². The minimum Gasteiger partial charge on any atom is -0.393 e. The average molecular weight is 173 g/mol. The Bertz CT molecular complexity index is 111. The summed E-state index contributed by atoms with van der Waals surface area (Å²) in [5, 5.41) is 11.2. The van der Waals surface area contributed by atoms with E-state index in [1.165, 1.54) is 6.42 Å². The number of hydrogen-bond donors (Lipinski definition) is 1. The molecule has 1 aliphatic rings. The highest BCUT2D eigenvalue weighted by Crippen LogP contribution is 2.10. The lowest BCUT2D eigenvalue weighted by Gasteiger charge is -2.28. The summed E-state index contributed by atoms with van der Waals surface area (Å²) >= 11 is 0. The van der Waals surface area contributed by atoms with Gasteiger partial charge >= 0.3 is 0 Å². The highest BCUT2D eigenvalue weighted by Gasteiger charge is 2.16. The van der Waals surface area contributed by atoms with Gasteiger partial charge < -0.3 is 5.11 Å². The van der Waals surface area contributed by atoms with Gasteiger partial charge in [0.05, 0.1) is 12.7 Å². The van der Waals surface area contributed by atoms with Crippen molar-refractivity contribution in [3.8, 4) is 0 Å². The molecule has 1 heterocycles. The first-order chi connectivity index (χ1) is 5.83. The van der Waals surface area contributed by atoms with Crippen molar-refractivity contribution in [2.45, 2.75) is 38.7 Å². The zero-order valence-corrected chi connectivity index (χ0v) is 7.83. The Kier molecular flexibility index (Phi) is 4.58. The van der Waals surface area contributed by atoms with E-state index >= 15 is 0 Å². The molecule has 1 N–H and O–H groups in total. The van der Waals surface area contributed by atoms with Crippen molar-refractivity contribution in [3.05, 3.63) is 0 Å². The van der Waals surface area contributed by atoms with Gasteiger partial charge in [0.15, 0.2) is 0 Å². The smallest absolute Gasteiger partial charge is 0.0685 e. The van der Waals surface area contributed by atoms with Gasteiger partial charge in [0.25, 0.3) is 0 Å². The van der Waals surface area contributed by atoms with Gasteiger partial charge in [0.1, 0.15) is 0 Å². The zero-order valence-electron chi connectivity index (χ0n) is 7.83. The first kappa shape index (κ1) is 9.96. The fraction of sp³-hybridized carbons (Fsp3) is 1.00. The van der Waals surface area contributed by atoms with E-state index in [1.54, 1.807) is 0 Å². The molecule has 3 heteroatoms. The van der Waals surface area contributed by atoms with Crippen LogP contribution in [0.1, 0.15) is 32.6 Å². The van der Waals surface area contributed by atoms with Crippen LogP contribution < -0.4 is 0 Å². The monoisotopic (exact) mass is 173 g/mol. The van der Waals surface area contributed by atoms with Crippen molar-refractivity contribution in [2.24, 2.45) is 0 Å².